The minimum absolute atomic E-state index is 0.104. The molecule has 0 fully saturated rings. The first-order valence-corrected chi connectivity index (χ1v) is 43.8. The molecule has 7 atom stereocenters. The quantitative estimate of drug-likeness (QED) is 0.0222. The summed E-state index contributed by atoms with van der Waals surface area (Å²) in [6.45, 7) is 14.2. The average molecular weight is 1440 g/mol. The number of carbonyl (C=O) groups is 4. The van der Waals surface area contributed by atoms with E-state index in [1.807, 2.05) is 0 Å². The molecular formula is C79H154O17P2. The SMILES string of the molecule is CCC(C)CCCCCCCCCCCCCCCCC(=O)O[C@H](COC(=O)CCCCCCCCC(C)CC)COP(=O)(O)OC[C@H](O)COP(=O)(O)OC[C@@H](COC(=O)CCCCCCCCCCCCCCCCCCC(C)C)OC(=O)CCCCCCCCCCC(C)C. The second-order valence-corrected chi connectivity index (χ2v) is 32.8. The highest BCUT2D eigenvalue weighted by atomic mass is 31.2. The number of phosphoric ester groups is 2. The molecule has 0 saturated heterocycles. The molecule has 0 aromatic carbocycles. The highest BCUT2D eigenvalue weighted by Gasteiger charge is 2.30. The first-order chi connectivity index (χ1) is 47.2. The second-order valence-electron chi connectivity index (χ2n) is 29.9. The molecule has 0 heterocycles. The molecule has 0 bridgehead atoms. The molecule has 4 unspecified atom stereocenters. The lowest BCUT2D eigenvalue weighted by Gasteiger charge is -2.21. The van der Waals surface area contributed by atoms with Crippen LogP contribution in [0, 0.1) is 23.7 Å². The van der Waals surface area contributed by atoms with E-state index in [0.717, 1.165) is 120 Å². The van der Waals surface area contributed by atoms with E-state index in [-0.39, 0.29) is 25.7 Å². The van der Waals surface area contributed by atoms with E-state index in [2.05, 4.69) is 55.4 Å². The molecule has 17 nitrogen and oxygen atoms in total. The molecule has 0 aliphatic carbocycles. The van der Waals surface area contributed by atoms with Crippen LogP contribution in [0.5, 0.6) is 0 Å². The van der Waals surface area contributed by atoms with Crippen LogP contribution in [0.2, 0.25) is 0 Å². The number of carbonyl (C=O) groups excluding carboxylic acids is 4. The van der Waals surface area contributed by atoms with Gasteiger partial charge in [-0.25, -0.2) is 9.13 Å². The number of aliphatic hydroxyl groups is 1. The van der Waals surface area contributed by atoms with Crippen LogP contribution in [0.25, 0.3) is 0 Å². The Hall–Kier alpha value is -1.94. The average Bonchev–Trinajstić information content (AvgIpc) is 1.34. The van der Waals surface area contributed by atoms with E-state index < -0.39 is 97.5 Å². The molecule has 3 N–H and O–H groups in total. The van der Waals surface area contributed by atoms with Gasteiger partial charge in [0.2, 0.25) is 0 Å². The topological polar surface area (TPSA) is 237 Å². The van der Waals surface area contributed by atoms with Gasteiger partial charge >= 0.3 is 39.5 Å². The number of esters is 4. The zero-order valence-electron chi connectivity index (χ0n) is 64.4. The number of rotatable bonds is 76. The summed E-state index contributed by atoms with van der Waals surface area (Å²) >= 11 is 0. The van der Waals surface area contributed by atoms with Crippen molar-refractivity contribution in [3.05, 3.63) is 0 Å². The highest BCUT2D eigenvalue weighted by Crippen LogP contribution is 2.45. The van der Waals surface area contributed by atoms with Crippen LogP contribution in [0.3, 0.4) is 0 Å². The Morgan fingerprint density at radius 3 is 0.724 bits per heavy atom. The van der Waals surface area contributed by atoms with Gasteiger partial charge in [-0.1, -0.05) is 351 Å². The molecule has 0 aliphatic heterocycles. The van der Waals surface area contributed by atoms with Gasteiger partial charge in [-0.2, -0.15) is 0 Å². The van der Waals surface area contributed by atoms with Crippen molar-refractivity contribution in [2.75, 3.05) is 39.6 Å². The zero-order chi connectivity index (χ0) is 72.4. The van der Waals surface area contributed by atoms with Crippen molar-refractivity contribution in [2.24, 2.45) is 23.7 Å². The van der Waals surface area contributed by atoms with Crippen molar-refractivity contribution in [3.8, 4) is 0 Å². The summed E-state index contributed by atoms with van der Waals surface area (Å²) in [6, 6.07) is 0. The Balaban J connectivity index is 5.19. The fourth-order valence-corrected chi connectivity index (χ4v) is 13.6. The zero-order valence-corrected chi connectivity index (χ0v) is 66.2. The molecule has 0 saturated carbocycles. The summed E-state index contributed by atoms with van der Waals surface area (Å²) in [5.74, 6) is 0.988. The molecule has 0 spiro atoms. The molecule has 0 rings (SSSR count). The lowest BCUT2D eigenvalue weighted by molar-refractivity contribution is -0.161. The van der Waals surface area contributed by atoms with Gasteiger partial charge < -0.3 is 33.8 Å². The van der Waals surface area contributed by atoms with Crippen LogP contribution in [-0.2, 0) is 65.4 Å². The molecule has 98 heavy (non-hydrogen) atoms. The van der Waals surface area contributed by atoms with Gasteiger partial charge in [0.1, 0.15) is 19.3 Å². The third kappa shape index (κ3) is 69.8. The van der Waals surface area contributed by atoms with Crippen molar-refractivity contribution >= 4 is 39.5 Å². The van der Waals surface area contributed by atoms with Crippen molar-refractivity contribution in [1.82, 2.24) is 0 Å². The number of ether oxygens (including phenoxy) is 4. The largest absolute Gasteiger partial charge is 0.472 e. The van der Waals surface area contributed by atoms with E-state index in [1.54, 1.807) is 0 Å². The lowest BCUT2D eigenvalue weighted by atomic mass is 9.99. The maximum Gasteiger partial charge on any atom is 0.472 e. The van der Waals surface area contributed by atoms with Crippen LogP contribution in [-0.4, -0.2) is 96.7 Å². The standard InChI is InChI=1S/C79H154O17P2/c1-9-71(7)57-49-41-33-26-22-18-15-16-20-24-28-35-45-53-61-78(83)95-75(66-90-77(82)60-52-44-38-37-42-50-58-72(8)10-2)68-94-98(87,88)92-64-73(80)63-91-97(85,86)93-67-74(96-79(84)62-54-46-36-30-29-32-40-48-56-70(5)6)65-89-76(81)59-51-43-34-27-23-19-14-12-11-13-17-21-25-31-39-47-55-69(3)4/h69-75,80H,9-68H2,1-8H3,(H,85,86)(H,87,88)/t71?,72?,73-,74-,75-/m1/s1. The summed E-state index contributed by atoms with van der Waals surface area (Å²) in [5.41, 5.74) is 0. The first-order valence-electron chi connectivity index (χ1n) is 40.8. The van der Waals surface area contributed by atoms with Crippen molar-refractivity contribution < 1.29 is 80.2 Å². The van der Waals surface area contributed by atoms with E-state index in [0.29, 0.717) is 25.7 Å². The van der Waals surface area contributed by atoms with Gasteiger partial charge in [-0.3, -0.25) is 37.3 Å². The fourth-order valence-electron chi connectivity index (χ4n) is 12.0. The Morgan fingerprint density at radius 2 is 0.490 bits per heavy atom. The predicted octanol–water partition coefficient (Wildman–Crippen LogP) is 23.2. The molecule has 0 aromatic heterocycles. The molecule has 0 radical (unpaired) electrons. The number of hydrogen-bond acceptors (Lipinski definition) is 15. The van der Waals surface area contributed by atoms with Crippen molar-refractivity contribution in [1.29, 1.82) is 0 Å². The fraction of sp³-hybridized carbons (Fsp3) is 0.949. The summed E-state index contributed by atoms with van der Waals surface area (Å²) in [6.07, 6.45) is 54.2. The number of unbranched alkanes of at least 4 members (excludes halogenated alkanes) is 40. The Morgan fingerprint density at radius 1 is 0.286 bits per heavy atom. The molecule has 0 aromatic rings. The number of aliphatic hydroxyl groups excluding tert-OH is 1. The van der Waals surface area contributed by atoms with Crippen LogP contribution in [0.1, 0.15) is 402 Å². The van der Waals surface area contributed by atoms with Crippen molar-refractivity contribution in [3.63, 3.8) is 0 Å². The van der Waals surface area contributed by atoms with Crippen molar-refractivity contribution in [2.45, 2.75) is 420 Å². The Labute approximate surface area is 600 Å². The monoisotopic (exact) mass is 1440 g/mol. The minimum atomic E-state index is -4.96. The van der Waals surface area contributed by atoms with Gasteiger partial charge in [0.15, 0.2) is 12.2 Å². The third-order valence-corrected chi connectivity index (χ3v) is 20.9. The van der Waals surface area contributed by atoms with Crippen LogP contribution in [0.4, 0.5) is 0 Å². The van der Waals surface area contributed by atoms with Crippen LogP contribution in [0.15, 0.2) is 0 Å². The normalized spacial score (nSPS) is 14.6. The van der Waals surface area contributed by atoms with Gasteiger partial charge in [-0.05, 0) is 49.4 Å². The maximum atomic E-state index is 13.1. The lowest BCUT2D eigenvalue weighted by Crippen LogP contribution is -2.30. The van der Waals surface area contributed by atoms with Gasteiger partial charge in [0.05, 0.1) is 26.4 Å². The van der Waals surface area contributed by atoms with Gasteiger partial charge in [0, 0.05) is 25.7 Å². The minimum Gasteiger partial charge on any atom is -0.462 e. The molecular weight excluding hydrogens is 1280 g/mol. The molecule has 582 valence electrons. The van der Waals surface area contributed by atoms with Crippen LogP contribution >= 0.6 is 15.6 Å². The molecule has 0 aliphatic rings. The maximum absolute atomic E-state index is 13.1. The number of hydrogen-bond donors (Lipinski definition) is 3. The van der Waals surface area contributed by atoms with E-state index >= 15 is 0 Å². The third-order valence-electron chi connectivity index (χ3n) is 19.0. The summed E-state index contributed by atoms with van der Waals surface area (Å²) < 4.78 is 68.6. The Kier molecular flexibility index (Phi) is 66.8. The van der Waals surface area contributed by atoms with Gasteiger partial charge in [-0.15, -0.1) is 0 Å². The van der Waals surface area contributed by atoms with Crippen LogP contribution < -0.4 is 0 Å². The van der Waals surface area contributed by atoms with E-state index in [4.69, 9.17) is 37.0 Å². The molecule has 19 heteroatoms. The summed E-state index contributed by atoms with van der Waals surface area (Å²) in [4.78, 5) is 72.9. The summed E-state index contributed by atoms with van der Waals surface area (Å²) in [7, 11) is -9.92. The first kappa shape index (κ1) is 96.1. The van der Waals surface area contributed by atoms with E-state index in [9.17, 15) is 43.2 Å². The van der Waals surface area contributed by atoms with E-state index in [1.165, 1.54) is 199 Å². The Bertz CT molecular complexity index is 1920. The molecule has 0 amide bonds. The predicted molar refractivity (Wildman–Crippen MR) is 400 cm³/mol. The smallest absolute Gasteiger partial charge is 0.462 e. The highest BCUT2D eigenvalue weighted by molar-refractivity contribution is 7.47. The second kappa shape index (κ2) is 68.2. The number of phosphoric acid groups is 2. The van der Waals surface area contributed by atoms with Gasteiger partial charge in [0.25, 0.3) is 0 Å². The summed E-state index contributed by atoms with van der Waals surface area (Å²) in [5, 5.41) is 10.6.